The Morgan fingerprint density at radius 1 is 1.43 bits per heavy atom. The number of hydrogen-bond acceptors (Lipinski definition) is 4. The molecule has 5 nitrogen and oxygen atoms in total. The van der Waals surface area contributed by atoms with Crippen LogP contribution in [0.15, 0.2) is 22.6 Å². The fourth-order valence-corrected chi connectivity index (χ4v) is 2.35. The van der Waals surface area contributed by atoms with Gasteiger partial charge in [0.05, 0.1) is 6.61 Å². The van der Waals surface area contributed by atoms with E-state index in [1.54, 1.807) is 0 Å². The van der Waals surface area contributed by atoms with Gasteiger partial charge in [-0.3, -0.25) is 4.79 Å². The summed E-state index contributed by atoms with van der Waals surface area (Å²) in [5.41, 5.74) is 2.28. The van der Waals surface area contributed by atoms with E-state index in [9.17, 15) is 4.79 Å². The van der Waals surface area contributed by atoms with Crippen LogP contribution >= 0.6 is 0 Å². The predicted octanol–water partition coefficient (Wildman–Crippen LogP) is 3.29. The lowest BCUT2D eigenvalue weighted by Crippen LogP contribution is -2.38. The molecule has 21 heavy (non-hydrogen) atoms. The van der Waals surface area contributed by atoms with Gasteiger partial charge in [-0.2, -0.15) is 0 Å². The molecule has 1 fully saturated rings. The highest BCUT2D eigenvalue weighted by Crippen LogP contribution is 2.22. The number of amides is 1. The van der Waals surface area contributed by atoms with Crippen LogP contribution in [0.1, 0.15) is 38.5 Å². The Morgan fingerprint density at radius 2 is 2.29 bits per heavy atom. The third kappa shape index (κ3) is 3.24. The molecule has 1 aromatic heterocycles. The lowest BCUT2D eigenvalue weighted by Gasteiger charge is -2.24. The van der Waals surface area contributed by atoms with Crippen LogP contribution in [0.5, 0.6) is 0 Å². The Bertz CT molecular complexity index is 631. The average Bonchev–Trinajstić information content (AvgIpc) is 2.78. The molecule has 1 unspecified atom stereocenters. The van der Waals surface area contributed by atoms with Crippen molar-refractivity contribution in [2.75, 3.05) is 11.9 Å². The fourth-order valence-electron chi connectivity index (χ4n) is 2.35. The third-order valence-electron chi connectivity index (χ3n) is 3.69. The monoisotopic (exact) mass is 288 g/mol. The van der Waals surface area contributed by atoms with Crippen molar-refractivity contribution in [1.29, 1.82) is 0 Å². The van der Waals surface area contributed by atoms with Gasteiger partial charge >= 0.3 is 0 Å². The summed E-state index contributed by atoms with van der Waals surface area (Å²) >= 11 is 0. The molecule has 0 bridgehead atoms. The van der Waals surface area contributed by atoms with Gasteiger partial charge in [-0.25, -0.2) is 4.98 Å². The van der Waals surface area contributed by atoms with Crippen LogP contribution in [0.2, 0.25) is 0 Å². The van der Waals surface area contributed by atoms with E-state index in [1.807, 2.05) is 18.2 Å². The Labute approximate surface area is 123 Å². The molecular weight excluding hydrogens is 268 g/mol. The van der Waals surface area contributed by atoms with Gasteiger partial charge in [-0.1, -0.05) is 19.8 Å². The fraction of sp³-hybridized carbons (Fsp3) is 0.500. The number of fused-ring (bicyclic) bond motifs is 1. The predicted molar refractivity (Wildman–Crippen MR) is 80.2 cm³/mol. The molecule has 112 valence electrons. The molecule has 5 heteroatoms. The first-order chi connectivity index (χ1) is 10.3. The molecule has 1 saturated heterocycles. The number of ether oxygens (including phenoxy) is 1. The number of carbonyl (C=O) groups excluding carboxylic acids is 1. The van der Waals surface area contributed by atoms with Crippen molar-refractivity contribution >= 4 is 22.7 Å². The summed E-state index contributed by atoms with van der Waals surface area (Å²) in [6.07, 6.45) is 4.80. The molecule has 0 spiro atoms. The van der Waals surface area contributed by atoms with Gasteiger partial charge < -0.3 is 14.5 Å². The number of nitrogens with zero attached hydrogens (tertiary/aromatic N) is 1. The van der Waals surface area contributed by atoms with Crippen LogP contribution < -0.4 is 5.32 Å². The quantitative estimate of drug-likeness (QED) is 0.828. The summed E-state index contributed by atoms with van der Waals surface area (Å²) in [5.74, 6) is 0.677. The number of aryl methyl sites for hydroxylation is 1. The summed E-state index contributed by atoms with van der Waals surface area (Å²) in [5, 5.41) is 2.85. The summed E-state index contributed by atoms with van der Waals surface area (Å²) < 4.78 is 10.9. The van der Waals surface area contributed by atoms with E-state index in [0.29, 0.717) is 6.61 Å². The van der Waals surface area contributed by atoms with E-state index in [2.05, 4.69) is 17.2 Å². The number of oxazole rings is 1. The van der Waals surface area contributed by atoms with Crippen LogP contribution in [0.3, 0.4) is 0 Å². The number of anilines is 1. The minimum absolute atomic E-state index is 0.0905. The summed E-state index contributed by atoms with van der Waals surface area (Å²) in [6, 6.07) is 5.53. The maximum Gasteiger partial charge on any atom is 0.253 e. The van der Waals surface area contributed by atoms with E-state index in [1.165, 1.54) is 12.8 Å². The van der Waals surface area contributed by atoms with Gasteiger partial charge in [0, 0.05) is 18.5 Å². The smallest absolute Gasteiger partial charge is 0.253 e. The Hall–Kier alpha value is -1.88. The molecule has 0 aliphatic carbocycles. The number of nitrogens with one attached hydrogen (secondary N) is 1. The summed E-state index contributed by atoms with van der Waals surface area (Å²) in [7, 11) is 0. The van der Waals surface area contributed by atoms with Crippen molar-refractivity contribution in [3.05, 3.63) is 24.1 Å². The zero-order valence-corrected chi connectivity index (χ0v) is 12.2. The molecule has 0 saturated carbocycles. The highest BCUT2D eigenvalue weighted by Gasteiger charge is 2.26. The van der Waals surface area contributed by atoms with Crippen molar-refractivity contribution in [1.82, 2.24) is 4.98 Å². The zero-order chi connectivity index (χ0) is 14.7. The molecule has 1 atom stereocenters. The average molecular weight is 288 g/mol. The molecule has 1 aliphatic rings. The second-order valence-corrected chi connectivity index (χ2v) is 5.38. The molecule has 2 heterocycles. The number of benzene rings is 1. The van der Waals surface area contributed by atoms with Crippen molar-refractivity contribution in [3.8, 4) is 0 Å². The van der Waals surface area contributed by atoms with E-state index >= 15 is 0 Å². The van der Waals surface area contributed by atoms with E-state index in [0.717, 1.165) is 41.9 Å². The minimum Gasteiger partial charge on any atom is -0.441 e. The number of carbonyl (C=O) groups is 1. The molecular formula is C16H20N2O3. The van der Waals surface area contributed by atoms with Crippen LogP contribution in [-0.2, 0) is 16.0 Å². The summed E-state index contributed by atoms with van der Waals surface area (Å²) in [4.78, 5) is 16.3. The van der Waals surface area contributed by atoms with Gasteiger partial charge in [0.2, 0.25) is 0 Å². The molecule has 2 aromatic rings. The Balaban J connectivity index is 1.68. The Morgan fingerprint density at radius 3 is 3.00 bits per heavy atom. The second-order valence-electron chi connectivity index (χ2n) is 5.38. The lowest BCUT2D eigenvalue weighted by molar-refractivity contribution is -0.139. The van der Waals surface area contributed by atoms with Crippen LogP contribution in [0.25, 0.3) is 11.1 Å². The van der Waals surface area contributed by atoms with Gasteiger partial charge in [-0.15, -0.1) is 0 Å². The normalized spacial score (nSPS) is 17.7. The van der Waals surface area contributed by atoms with Crippen LogP contribution in [-0.4, -0.2) is 23.6 Å². The molecule has 1 amide bonds. The van der Waals surface area contributed by atoms with E-state index < -0.39 is 0 Å². The zero-order valence-electron chi connectivity index (χ0n) is 12.2. The van der Waals surface area contributed by atoms with Gasteiger partial charge in [0.1, 0.15) is 11.6 Å². The van der Waals surface area contributed by atoms with Gasteiger partial charge in [0.25, 0.3) is 5.91 Å². The molecule has 1 aromatic carbocycles. The highest BCUT2D eigenvalue weighted by molar-refractivity contribution is 5.96. The second kappa shape index (κ2) is 6.26. The topological polar surface area (TPSA) is 64.4 Å². The Kier molecular flexibility index (Phi) is 4.20. The number of rotatable bonds is 6. The van der Waals surface area contributed by atoms with Crippen molar-refractivity contribution in [3.63, 3.8) is 0 Å². The van der Waals surface area contributed by atoms with Gasteiger partial charge in [0.15, 0.2) is 11.5 Å². The molecule has 0 radical (unpaired) electrons. The number of unbranched alkanes of at least 4 members (excludes halogenated alkanes) is 2. The minimum atomic E-state index is -0.303. The molecule has 1 N–H and O–H groups in total. The maximum absolute atomic E-state index is 11.8. The van der Waals surface area contributed by atoms with Crippen molar-refractivity contribution in [2.45, 2.75) is 45.1 Å². The SMILES string of the molecule is CCCCCc1nc2cc(NC(=O)C3CCO3)ccc2o1. The molecule has 3 rings (SSSR count). The maximum atomic E-state index is 11.8. The number of aromatic nitrogens is 1. The van der Waals surface area contributed by atoms with Crippen LogP contribution in [0.4, 0.5) is 5.69 Å². The van der Waals surface area contributed by atoms with Crippen LogP contribution in [0, 0.1) is 0 Å². The summed E-state index contributed by atoms with van der Waals surface area (Å²) in [6.45, 7) is 2.84. The molecule has 1 aliphatic heterocycles. The first kappa shape index (κ1) is 14.1. The first-order valence-corrected chi connectivity index (χ1v) is 7.58. The van der Waals surface area contributed by atoms with Crippen molar-refractivity contribution in [2.24, 2.45) is 0 Å². The van der Waals surface area contributed by atoms with E-state index in [-0.39, 0.29) is 12.0 Å². The number of hydrogen-bond donors (Lipinski definition) is 1. The van der Waals surface area contributed by atoms with Gasteiger partial charge in [-0.05, 0) is 24.6 Å². The lowest BCUT2D eigenvalue weighted by atomic mass is 10.1. The first-order valence-electron chi connectivity index (χ1n) is 7.58. The third-order valence-corrected chi connectivity index (χ3v) is 3.69. The van der Waals surface area contributed by atoms with E-state index in [4.69, 9.17) is 9.15 Å². The highest BCUT2D eigenvalue weighted by atomic mass is 16.5. The van der Waals surface area contributed by atoms with Crippen molar-refractivity contribution < 1.29 is 13.9 Å². The standard InChI is InChI=1S/C16H20N2O3/c1-2-3-4-5-15-18-12-10-11(6-7-13(12)21-15)17-16(19)14-8-9-20-14/h6-7,10,14H,2-5,8-9H2,1H3,(H,17,19). The largest absolute Gasteiger partial charge is 0.441 e.